The first-order chi connectivity index (χ1) is 4.80. The molecule has 0 radical (unpaired) electrons. The second-order valence-electron chi connectivity index (χ2n) is 2.07. The first kappa shape index (κ1) is 9.21. The molecule has 1 aromatic rings. The summed E-state index contributed by atoms with van der Waals surface area (Å²) >= 11 is 0. The summed E-state index contributed by atoms with van der Waals surface area (Å²) < 4.78 is 4.84. The molecule has 0 N–H and O–H groups in total. The number of hydrogen-bond acceptors (Lipinski definition) is 2. The Labute approximate surface area is 62.2 Å². The molecule has 1 aromatic heterocycles. The minimum absolute atomic E-state index is 0.456. The van der Waals surface area contributed by atoms with Crippen LogP contribution in [0.3, 0.4) is 0 Å². The Morgan fingerprint density at radius 1 is 1.40 bits per heavy atom. The van der Waals surface area contributed by atoms with Gasteiger partial charge in [0.15, 0.2) is 0 Å². The van der Waals surface area contributed by atoms with Crippen LogP contribution >= 0.6 is 0 Å². The molecule has 58 valence electrons. The molecular weight excluding hydrogens is 126 g/mol. The van der Waals surface area contributed by atoms with E-state index in [0.29, 0.717) is 5.92 Å². The molecule has 0 fully saturated rings. The molecule has 0 amide bonds. The summed E-state index contributed by atoms with van der Waals surface area (Å²) in [7, 11) is 0. The van der Waals surface area contributed by atoms with Crippen LogP contribution in [0.4, 0.5) is 0 Å². The van der Waals surface area contributed by atoms with Crippen molar-refractivity contribution in [3.63, 3.8) is 0 Å². The van der Waals surface area contributed by atoms with E-state index in [2.05, 4.69) is 19.0 Å². The van der Waals surface area contributed by atoms with Gasteiger partial charge < -0.3 is 4.52 Å². The molecule has 2 nitrogen and oxygen atoms in total. The zero-order valence-corrected chi connectivity index (χ0v) is 7.09. The first-order valence-electron chi connectivity index (χ1n) is 3.71. The van der Waals surface area contributed by atoms with Gasteiger partial charge in [-0.05, 0) is 0 Å². The summed E-state index contributed by atoms with van der Waals surface area (Å²) in [4.78, 5) is 0. The average molecular weight is 141 g/mol. The lowest BCUT2D eigenvalue weighted by Crippen LogP contribution is -1.79. The fourth-order valence-corrected chi connectivity index (χ4v) is 0.523. The summed E-state index contributed by atoms with van der Waals surface area (Å²) in [6.45, 7) is 8.14. The molecule has 10 heavy (non-hydrogen) atoms. The number of aromatic nitrogens is 1. The summed E-state index contributed by atoms with van der Waals surface area (Å²) in [5.74, 6) is 1.41. The van der Waals surface area contributed by atoms with Crippen molar-refractivity contribution < 1.29 is 4.52 Å². The van der Waals surface area contributed by atoms with Gasteiger partial charge in [-0.25, -0.2) is 0 Å². The maximum absolute atomic E-state index is 4.84. The summed E-state index contributed by atoms with van der Waals surface area (Å²) in [6.07, 6.45) is 1.66. The van der Waals surface area contributed by atoms with Gasteiger partial charge in [0, 0.05) is 12.0 Å². The number of rotatable bonds is 1. The van der Waals surface area contributed by atoms with Crippen molar-refractivity contribution in [3.05, 3.63) is 18.0 Å². The van der Waals surface area contributed by atoms with E-state index in [0.717, 1.165) is 5.76 Å². The summed E-state index contributed by atoms with van der Waals surface area (Å²) in [5, 5.41) is 3.57. The number of nitrogens with zero attached hydrogens (tertiary/aromatic N) is 1. The monoisotopic (exact) mass is 141 g/mol. The fraction of sp³-hybridized carbons (Fsp3) is 0.625. The van der Waals surface area contributed by atoms with Crippen LogP contribution in [0.5, 0.6) is 0 Å². The molecule has 0 saturated heterocycles. The van der Waals surface area contributed by atoms with Gasteiger partial charge >= 0.3 is 0 Å². The molecule has 0 aromatic carbocycles. The Morgan fingerprint density at radius 2 is 2.00 bits per heavy atom. The Hall–Kier alpha value is -0.790. The van der Waals surface area contributed by atoms with Crippen molar-refractivity contribution >= 4 is 0 Å². The molecule has 0 saturated carbocycles. The van der Waals surface area contributed by atoms with Gasteiger partial charge in [0.1, 0.15) is 5.76 Å². The average Bonchev–Trinajstić information content (AvgIpc) is 2.42. The highest BCUT2D eigenvalue weighted by Crippen LogP contribution is 2.10. The third kappa shape index (κ3) is 2.67. The Bertz CT molecular complexity index is 144. The quantitative estimate of drug-likeness (QED) is 0.601. The van der Waals surface area contributed by atoms with Crippen LogP contribution in [0.15, 0.2) is 16.8 Å². The van der Waals surface area contributed by atoms with Gasteiger partial charge in [-0.1, -0.05) is 32.9 Å². The third-order valence-corrected chi connectivity index (χ3v) is 1.03. The van der Waals surface area contributed by atoms with E-state index in [9.17, 15) is 0 Å². The van der Waals surface area contributed by atoms with Crippen LogP contribution in [-0.2, 0) is 0 Å². The van der Waals surface area contributed by atoms with E-state index in [-0.39, 0.29) is 0 Å². The minimum atomic E-state index is 0.456. The predicted octanol–water partition coefficient (Wildman–Crippen LogP) is 2.82. The lowest BCUT2D eigenvalue weighted by molar-refractivity contribution is 0.371. The van der Waals surface area contributed by atoms with Crippen LogP contribution in [0.2, 0.25) is 0 Å². The van der Waals surface area contributed by atoms with Crippen molar-refractivity contribution in [1.29, 1.82) is 0 Å². The van der Waals surface area contributed by atoms with E-state index in [4.69, 9.17) is 4.52 Å². The Kier molecular flexibility index (Phi) is 4.63. The van der Waals surface area contributed by atoms with E-state index in [1.165, 1.54) is 0 Å². The van der Waals surface area contributed by atoms with Gasteiger partial charge in [0.2, 0.25) is 0 Å². The molecule has 0 aliphatic heterocycles. The molecule has 0 aliphatic carbocycles. The lowest BCUT2D eigenvalue weighted by atomic mass is 10.2. The maximum Gasteiger partial charge on any atom is 0.139 e. The highest BCUT2D eigenvalue weighted by atomic mass is 16.5. The zero-order chi connectivity index (χ0) is 7.98. The maximum atomic E-state index is 4.84. The SMILES string of the molecule is CC.CC(C)c1ccno1. The van der Waals surface area contributed by atoms with Gasteiger partial charge in [-0.2, -0.15) is 0 Å². The van der Waals surface area contributed by atoms with E-state index in [1.807, 2.05) is 19.9 Å². The van der Waals surface area contributed by atoms with Gasteiger partial charge in [0.25, 0.3) is 0 Å². The van der Waals surface area contributed by atoms with Crippen LogP contribution in [0.1, 0.15) is 39.4 Å². The van der Waals surface area contributed by atoms with Crippen LogP contribution in [-0.4, -0.2) is 5.16 Å². The Balaban J connectivity index is 0.000000371. The molecular formula is C8H15NO. The van der Waals surface area contributed by atoms with Crippen LogP contribution < -0.4 is 0 Å². The topological polar surface area (TPSA) is 26.0 Å². The second kappa shape index (κ2) is 5.03. The largest absolute Gasteiger partial charge is 0.361 e. The summed E-state index contributed by atoms with van der Waals surface area (Å²) in [5.41, 5.74) is 0. The molecule has 2 heteroatoms. The fourth-order valence-electron chi connectivity index (χ4n) is 0.523. The first-order valence-corrected chi connectivity index (χ1v) is 3.71. The highest BCUT2D eigenvalue weighted by Gasteiger charge is 1.99. The molecule has 0 unspecified atom stereocenters. The van der Waals surface area contributed by atoms with Gasteiger partial charge in [-0.3, -0.25) is 0 Å². The molecule has 0 bridgehead atoms. The smallest absolute Gasteiger partial charge is 0.139 e. The predicted molar refractivity (Wildman–Crippen MR) is 41.9 cm³/mol. The Morgan fingerprint density at radius 3 is 2.20 bits per heavy atom. The molecule has 1 rings (SSSR count). The van der Waals surface area contributed by atoms with E-state index < -0.39 is 0 Å². The molecule has 0 spiro atoms. The van der Waals surface area contributed by atoms with Gasteiger partial charge in [-0.15, -0.1) is 0 Å². The molecule has 0 atom stereocenters. The van der Waals surface area contributed by atoms with Crippen LogP contribution in [0, 0.1) is 0 Å². The third-order valence-electron chi connectivity index (χ3n) is 1.03. The summed E-state index contributed by atoms with van der Waals surface area (Å²) in [6, 6.07) is 1.88. The van der Waals surface area contributed by atoms with E-state index >= 15 is 0 Å². The second-order valence-corrected chi connectivity index (χ2v) is 2.07. The van der Waals surface area contributed by atoms with Gasteiger partial charge in [0.05, 0.1) is 6.20 Å². The van der Waals surface area contributed by atoms with E-state index in [1.54, 1.807) is 6.20 Å². The number of hydrogen-bond donors (Lipinski definition) is 0. The standard InChI is InChI=1S/C6H9NO.C2H6/c1-5(2)6-3-4-7-8-6;1-2/h3-5H,1-2H3;1-2H3. The highest BCUT2D eigenvalue weighted by molar-refractivity contribution is 4.97. The molecule has 0 aliphatic rings. The molecule has 1 heterocycles. The van der Waals surface area contributed by atoms with Crippen molar-refractivity contribution in [3.8, 4) is 0 Å². The lowest BCUT2D eigenvalue weighted by Gasteiger charge is -1.92. The van der Waals surface area contributed by atoms with Crippen molar-refractivity contribution in [2.75, 3.05) is 0 Å². The van der Waals surface area contributed by atoms with Crippen LogP contribution in [0.25, 0.3) is 0 Å². The normalized spacial score (nSPS) is 8.90. The van der Waals surface area contributed by atoms with Crippen molar-refractivity contribution in [1.82, 2.24) is 5.16 Å². The zero-order valence-electron chi connectivity index (χ0n) is 7.09. The van der Waals surface area contributed by atoms with Crippen molar-refractivity contribution in [2.45, 2.75) is 33.6 Å². The minimum Gasteiger partial charge on any atom is -0.361 e. The van der Waals surface area contributed by atoms with Crippen molar-refractivity contribution in [2.24, 2.45) is 0 Å².